The molecular weight excluding hydrogens is 350 g/mol. The SMILES string of the molecule is Cc1ccc(-c2cnc3cnc(-c4ccc(C(=O)CCCO)cc4)cn23)cc1. The van der Waals surface area contributed by atoms with E-state index >= 15 is 0 Å². The number of hydrogen-bond acceptors (Lipinski definition) is 4. The van der Waals surface area contributed by atoms with E-state index in [1.165, 1.54) is 5.56 Å². The molecule has 0 aliphatic heterocycles. The molecule has 0 aliphatic carbocycles. The van der Waals surface area contributed by atoms with Crippen LogP contribution in [0.5, 0.6) is 0 Å². The highest BCUT2D eigenvalue weighted by atomic mass is 16.3. The Balaban J connectivity index is 1.67. The van der Waals surface area contributed by atoms with Crippen LogP contribution in [-0.4, -0.2) is 31.9 Å². The lowest BCUT2D eigenvalue weighted by molar-refractivity contribution is 0.0971. The Morgan fingerprint density at radius 2 is 1.68 bits per heavy atom. The number of carbonyl (C=O) groups excluding carboxylic acids is 1. The molecule has 0 amide bonds. The fourth-order valence-corrected chi connectivity index (χ4v) is 3.19. The van der Waals surface area contributed by atoms with Gasteiger partial charge in [-0.15, -0.1) is 0 Å². The van der Waals surface area contributed by atoms with Gasteiger partial charge in [0.1, 0.15) is 0 Å². The first kappa shape index (κ1) is 18.1. The van der Waals surface area contributed by atoms with Gasteiger partial charge in [-0.05, 0) is 13.3 Å². The number of hydrogen-bond donors (Lipinski definition) is 1. The molecule has 2 aromatic heterocycles. The Hall–Kier alpha value is -3.31. The van der Waals surface area contributed by atoms with Crippen LogP contribution in [0, 0.1) is 6.92 Å². The number of Topliss-reactive ketones (excluding diaryl/α,β-unsaturated/α-hetero) is 1. The summed E-state index contributed by atoms with van der Waals surface area (Å²) in [6.45, 7) is 2.10. The van der Waals surface area contributed by atoms with Gasteiger partial charge in [-0.25, -0.2) is 4.98 Å². The summed E-state index contributed by atoms with van der Waals surface area (Å²) in [7, 11) is 0. The monoisotopic (exact) mass is 371 g/mol. The molecule has 0 spiro atoms. The average molecular weight is 371 g/mol. The number of rotatable bonds is 6. The topological polar surface area (TPSA) is 67.5 Å². The molecule has 0 saturated heterocycles. The van der Waals surface area contributed by atoms with E-state index in [1.807, 2.05) is 41.1 Å². The first-order chi connectivity index (χ1) is 13.7. The Morgan fingerprint density at radius 1 is 0.964 bits per heavy atom. The number of aryl methyl sites for hydroxylation is 1. The molecule has 5 heteroatoms. The number of aliphatic hydroxyl groups is 1. The second-order valence-corrected chi connectivity index (χ2v) is 6.84. The zero-order chi connectivity index (χ0) is 19.5. The Morgan fingerprint density at radius 3 is 2.39 bits per heavy atom. The van der Waals surface area contributed by atoms with Crippen LogP contribution in [0.2, 0.25) is 0 Å². The largest absolute Gasteiger partial charge is 0.396 e. The fourth-order valence-electron chi connectivity index (χ4n) is 3.19. The van der Waals surface area contributed by atoms with E-state index in [2.05, 4.69) is 41.2 Å². The van der Waals surface area contributed by atoms with Crippen molar-refractivity contribution in [3.63, 3.8) is 0 Å². The zero-order valence-corrected chi connectivity index (χ0v) is 15.7. The van der Waals surface area contributed by atoms with E-state index in [9.17, 15) is 4.79 Å². The number of ketones is 1. The summed E-state index contributed by atoms with van der Waals surface area (Å²) in [5.41, 5.74) is 6.51. The molecule has 0 radical (unpaired) electrons. The van der Waals surface area contributed by atoms with Gasteiger partial charge in [-0.3, -0.25) is 14.2 Å². The second kappa shape index (κ2) is 7.74. The Bertz CT molecular complexity index is 1110. The minimum atomic E-state index is 0.0297. The van der Waals surface area contributed by atoms with Crippen LogP contribution in [0.25, 0.3) is 28.2 Å². The molecule has 2 aromatic carbocycles. The van der Waals surface area contributed by atoms with E-state index < -0.39 is 0 Å². The van der Waals surface area contributed by atoms with Gasteiger partial charge >= 0.3 is 0 Å². The molecule has 0 bridgehead atoms. The first-order valence-electron chi connectivity index (χ1n) is 9.30. The lowest BCUT2D eigenvalue weighted by atomic mass is 10.0. The van der Waals surface area contributed by atoms with Crippen LogP contribution in [0.15, 0.2) is 67.1 Å². The van der Waals surface area contributed by atoms with Crippen molar-refractivity contribution in [2.75, 3.05) is 6.61 Å². The van der Waals surface area contributed by atoms with Gasteiger partial charge in [0.15, 0.2) is 11.4 Å². The third kappa shape index (κ3) is 3.57. The number of carbonyl (C=O) groups is 1. The average Bonchev–Trinajstić information content (AvgIpc) is 3.16. The summed E-state index contributed by atoms with van der Waals surface area (Å²) in [6, 6.07) is 15.8. The van der Waals surface area contributed by atoms with Gasteiger partial charge in [0.05, 0.1) is 23.8 Å². The summed E-state index contributed by atoms with van der Waals surface area (Å²) in [4.78, 5) is 21.1. The van der Waals surface area contributed by atoms with E-state index in [4.69, 9.17) is 5.11 Å². The predicted octanol–water partition coefficient (Wildman–Crippen LogP) is 4.33. The maximum atomic E-state index is 12.1. The van der Waals surface area contributed by atoms with Crippen molar-refractivity contribution in [3.8, 4) is 22.5 Å². The Labute approximate surface area is 163 Å². The maximum absolute atomic E-state index is 12.1. The molecule has 4 rings (SSSR count). The summed E-state index contributed by atoms with van der Waals surface area (Å²) in [5, 5.41) is 8.87. The van der Waals surface area contributed by atoms with Gasteiger partial charge in [0.2, 0.25) is 0 Å². The number of benzene rings is 2. The quantitative estimate of drug-likeness (QED) is 0.512. The molecule has 0 unspecified atom stereocenters. The Kier molecular flexibility index (Phi) is 5.00. The molecular formula is C23H21N3O2. The number of aromatic nitrogens is 3. The van der Waals surface area contributed by atoms with Crippen LogP contribution >= 0.6 is 0 Å². The van der Waals surface area contributed by atoms with E-state index in [1.54, 1.807) is 6.20 Å². The summed E-state index contributed by atoms with van der Waals surface area (Å²) in [6.07, 6.45) is 6.43. The third-order valence-electron chi connectivity index (χ3n) is 4.81. The van der Waals surface area contributed by atoms with Gasteiger partial charge in [0.25, 0.3) is 0 Å². The maximum Gasteiger partial charge on any atom is 0.162 e. The minimum Gasteiger partial charge on any atom is -0.396 e. The number of nitrogens with zero attached hydrogens (tertiary/aromatic N) is 3. The molecule has 2 heterocycles. The van der Waals surface area contributed by atoms with Crippen LogP contribution in [-0.2, 0) is 0 Å². The van der Waals surface area contributed by atoms with Crippen molar-refractivity contribution in [1.29, 1.82) is 0 Å². The van der Waals surface area contributed by atoms with Crippen molar-refractivity contribution >= 4 is 11.4 Å². The number of fused-ring (bicyclic) bond motifs is 1. The molecule has 0 atom stereocenters. The molecule has 0 saturated carbocycles. The van der Waals surface area contributed by atoms with Crippen LogP contribution in [0.4, 0.5) is 0 Å². The highest BCUT2D eigenvalue weighted by Crippen LogP contribution is 2.24. The normalized spacial score (nSPS) is 11.1. The minimum absolute atomic E-state index is 0.0297. The molecule has 5 nitrogen and oxygen atoms in total. The van der Waals surface area contributed by atoms with Gasteiger partial charge in [-0.2, -0.15) is 0 Å². The van der Waals surface area contributed by atoms with Crippen molar-refractivity contribution in [2.45, 2.75) is 19.8 Å². The predicted molar refractivity (Wildman–Crippen MR) is 109 cm³/mol. The smallest absolute Gasteiger partial charge is 0.162 e. The zero-order valence-electron chi connectivity index (χ0n) is 15.7. The lowest BCUT2D eigenvalue weighted by Crippen LogP contribution is -2.00. The summed E-state index contributed by atoms with van der Waals surface area (Å²) >= 11 is 0. The second-order valence-electron chi connectivity index (χ2n) is 6.84. The van der Waals surface area contributed by atoms with Crippen molar-refractivity contribution in [3.05, 3.63) is 78.2 Å². The highest BCUT2D eigenvalue weighted by Gasteiger charge is 2.10. The summed E-state index contributed by atoms with van der Waals surface area (Å²) < 4.78 is 2.04. The highest BCUT2D eigenvalue weighted by molar-refractivity contribution is 5.96. The van der Waals surface area contributed by atoms with Crippen molar-refractivity contribution in [1.82, 2.24) is 14.4 Å². The molecule has 28 heavy (non-hydrogen) atoms. The molecule has 0 fully saturated rings. The van der Waals surface area contributed by atoms with Crippen LogP contribution < -0.4 is 0 Å². The fraction of sp³-hybridized carbons (Fsp3) is 0.174. The molecule has 140 valence electrons. The van der Waals surface area contributed by atoms with Gasteiger partial charge in [0, 0.05) is 35.9 Å². The van der Waals surface area contributed by atoms with E-state index in [0.717, 1.165) is 28.2 Å². The molecule has 1 N–H and O–H groups in total. The third-order valence-corrected chi connectivity index (χ3v) is 4.81. The molecule has 0 aliphatic rings. The van der Waals surface area contributed by atoms with Gasteiger partial charge < -0.3 is 5.11 Å². The first-order valence-corrected chi connectivity index (χ1v) is 9.30. The van der Waals surface area contributed by atoms with Crippen LogP contribution in [0.3, 0.4) is 0 Å². The van der Waals surface area contributed by atoms with Gasteiger partial charge in [-0.1, -0.05) is 54.1 Å². The number of imidazole rings is 1. The van der Waals surface area contributed by atoms with E-state index in [-0.39, 0.29) is 12.4 Å². The summed E-state index contributed by atoms with van der Waals surface area (Å²) in [5.74, 6) is 0.0419. The number of aliphatic hydroxyl groups excluding tert-OH is 1. The van der Waals surface area contributed by atoms with Crippen molar-refractivity contribution in [2.24, 2.45) is 0 Å². The standard InChI is InChI=1S/C23H21N3O2/c1-16-4-6-18(7-5-16)21-13-25-23-14-24-20(15-26(21)23)17-8-10-19(11-9-17)22(28)3-2-12-27/h4-11,13-15,27H,2-3,12H2,1H3. The van der Waals surface area contributed by atoms with E-state index in [0.29, 0.717) is 18.4 Å². The molecule has 4 aromatic rings. The lowest BCUT2D eigenvalue weighted by Gasteiger charge is -2.06. The van der Waals surface area contributed by atoms with Crippen LogP contribution in [0.1, 0.15) is 28.8 Å². The van der Waals surface area contributed by atoms with Crippen molar-refractivity contribution < 1.29 is 9.90 Å².